The third-order valence-electron chi connectivity index (χ3n) is 6.35. The molecule has 3 aromatic rings. The normalized spacial score (nSPS) is 16.4. The van der Waals surface area contributed by atoms with Gasteiger partial charge < -0.3 is 9.64 Å². The highest BCUT2D eigenvalue weighted by Crippen LogP contribution is 2.20. The van der Waals surface area contributed by atoms with E-state index in [2.05, 4.69) is 34.2 Å². The minimum Gasteiger partial charge on any atom is -0.484 e. The van der Waals surface area contributed by atoms with Gasteiger partial charge in [0.1, 0.15) is 11.6 Å². The predicted molar refractivity (Wildman–Crippen MR) is 128 cm³/mol. The van der Waals surface area contributed by atoms with Gasteiger partial charge in [0.15, 0.2) is 6.61 Å². The van der Waals surface area contributed by atoms with Gasteiger partial charge in [0, 0.05) is 45.7 Å². The number of ether oxygens (including phenoxy) is 1. The van der Waals surface area contributed by atoms with Gasteiger partial charge in [-0.1, -0.05) is 42.5 Å². The van der Waals surface area contributed by atoms with Gasteiger partial charge in [-0.15, -0.1) is 0 Å². The van der Waals surface area contributed by atoms with Gasteiger partial charge in [-0.2, -0.15) is 0 Å². The Morgan fingerprint density at radius 1 is 1.03 bits per heavy atom. The van der Waals surface area contributed by atoms with E-state index in [1.807, 2.05) is 23.1 Å². The van der Waals surface area contributed by atoms with Crippen LogP contribution in [0.3, 0.4) is 0 Å². The molecule has 0 radical (unpaired) electrons. The lowest BCUT2D eigenvalue weighted by Crippen LogP contribution is -2.49. The number of hydrogen-bond donors (Lipinski definition) is 0. The van der Waals surface area contributed by atoms with Crippen molar-refractivity contribution in [2.75, 3.05) is 39.3 Å². The smallest absolute Gasteiger partial charge is 0.261 e. The first-order valence-corrected chi connectivity index (χ1v) is 11.6. The van der Waals surface area contributed by atoms with Crippen LogP contribution in [0.5, 0.6) is 5.75 Å². The summed E-state index contributed by atoms with van der Waals surface area (Å²) < 4.78 is 7.49. The highest BCUT2D eigenvalue weighted by Gasteiger charge is 2.21. The average molecular weight is 445 g/mol. The standard InChI is InChI=1S/C26H28N4O3/c31-25(29-16-14-28(15-17-29)12-4-8-20-6-2-1-3-7-20)19-33-21-10-11-23-22(18-21)26(32)30-13-5-9-24(30)27-23/h1-4,6-8,10-11,18H,5,9,12-17,19H2. The number of aryl methyl sites for hydroxylation is 1. The fourth-order valence-electron chi connectivity index (χ4n) is 4.47. The molecule has 7 nitrogen and oxygen atoms in total. The van der Waals surface area contributed by atoms with Gasteiger partial charge in [-0.25, -0.2) is 4.98 Å². The SMILES string of the molecule is O=C(COc1ccc2nc3n(c(=O)c2c1)CCC3)N1CCN(CC=Cc2ccccc2)CC1. The van der Waals surface area contributed by atoms with Gasteiger partial charge in [-0.3, -0.25) is 19.1 Å². The lowest BCUT2D eigenvalue weighted by molar-refractivity contribution is -0.135. The molecule has 0 spiro atoms. The molecule has 0 saturated carbocycles. The first-order valence-electron chi connectivity index (χ1n) is 11.6. The molecule has 1 amide bonds. The Bertz CT molecular complexity index is 1230. The molecular formula is C26H28N4O3. The maximum Gasteiger partial charge on any atom is 0.261 e. The van der Waals surface area contributed by atoms with Crippen molar-refractivity contribution in [3.8, 4) is 5.75 Å². The van der Waals surface area contributed by atoms with E-state index >= 15 is 0 Å². The Labute approximate surface area is 192 Å². The molecule has 1 saturated heterocycles. The van der Waals surface area contributed by atoms with Crippen LogP contribution in [0.15, 0.2) is 59.4 Å². The zero-order chi connectivity index (χ0) is 22.6. The maximum absolute atomic E-state index is 12.7. The molecule has 1 fully saturated rings. The second-order valence-electron chi connectivity index (χ2n) is 8.55. The molecular weight excluding hydrogens is 416 g/mol. The first kappa shape index (κ1) is 21.4. The van der Waals surface area contributed by atoms with Gasteiger partial charge in [0.2, 0.25) is 0 Å². The quantitative estimate of drug-likeness (QED) is 0.585. The number of benzene rings is 2. The summed E-state index contributed by atoms with van der Waals surface area (Å²) in [7, 11) is 0. The number of fused-ring (bicyclic) bond motifs is 2. The van der Waals surface area contributed by atoms with E-state index < -0.39 is 0 Å². The van der Waals surface area contributed by atoms with Gasteiger partial charge in [0.25, 0.3) is 11.5 Å². The van der Waals surface area contributed by atoms with Crippen molar-refractivity contribution in [3.63, 3.8) is 0 Å². The molecule has 33 heavy (non-hydrogen) atoms. The molecule has 170 valence electrons. The van der Waals surface area contributed by atoms with Crippen molar-refractivity contribution in [2.24, 2.45) is 0 Å². The molecule has 0 N–H and O–H groups in total. The second kappa shape index (κ2) is 9.58. The number of nitrogens with zero attached hydrogens (tertiary/aromatic N) is 4. The number of aromatic nitrogens is 2. The van der Waals surface area contributed by atoms with Crippen LogP contribution < -0.4 is 10.3 Å². The topological polar surface area (TPSA) is 67.7 Å². The van der Waals surface area contributed by atoms with Crippen LogP contribution in [0.4, 0.5) is 0 Å². The number of carbonyl (C=O) groups is 1. The Morgan fingerprint density at radius 2 is 1.85 bits per heavy atom. The summed E-state index contributed by atoms with van der Waals surface area (Å²) >= 11 is 0. The molecule has 1 aromatic heterocycles. The van der Waals surface area contributed by atoms with Crippen molar-refractivity contribution in [2.45, 2.75) is 19.4 Å². The van der Waals surface area contributed by atoms with Crippen molar-refractivity contribution in [1.29, 1.82) is 0 Å². The number of hydrogen-bond acceptors (Lipinski definition) is 5. The van der Waals surface area contributed by atoms with Crippen LogP contribution in [-0.2, 0) is 17.8 Å². The first-order chi connectivity index (χ1) is 16.2. The number of carbonyl (C=O) groups excluding carboxylic acids is 1. The van der Waals surface area contributed by atoms with Gasteiger partial charge >= 0.3 is 0 Å². The monoisotopic (exact) mass is 444 g/mol. The summed E-state index contributed by atoms with van der Waals surface area (Å²) in [6, 6.07) is 15.5. The minimum absolute atomic E-state index is 0.0262. The molecule has 0 aliphatic carbocycles. The fourth-order valence-corrected chi connectivity index (χ4v) is 4.47. The highest BCUT2D eigenvalue weighted by atomic mass is 16.5. The molecule has 5 rings (SSSR count). The summed E-state index contributed by atoms with van der Waals surface area (Å²) in [4.78, 5) is 34.2. The molecule has 7 heteroatoms. The Kier molecular flexibility index (Phi) is 6.21. The molecule has 3 heterocycles. The van der Waals surface area contributed by atoms with E-state index in [-0.39, 0.29) is 18.1 Å². The lowest BCUT2D eigenvalue weighted by atomic mass is 10.2. The van der Waals surface area contributed by atoms with Crippen molar-refractivity contribution >= 4 is 22.9 Å². The number of piperazine rings is 1. The lowest BCUT2D eigenvalue weighted by Gasteiger charge is -2.34. The van der Waals surface area contributed by atoms with E-state index in [9.17, 15) is 9.59 Å². The molecule has 0 bridgehead atoms. The van der Waals surface area contributed by atoms with Gasteiger partial charge in [0.05, 0.1) is 10.9 Å². The summed E-state index contributed by atoms with van der Waals surface area (Å²) in [6.45, 7) is 4.63. The molecule has 0 unspecified atom stereocenters. The van der Waals surface area contributed by atoms with Crippen LogP contribution in [0.25, 0.3) is 17.0 Å². The van der Waals surface area contributed by atoms with E-state index in [0.717, 1.165) is 38.3 Å². The Hall–Kier alpha value is -3.45. The summed E-state index contributed by atoms with van der Waals surface area (Å²) in [6.07, 6.45) is 6.09. The second-order valence-corrected chi connectivity index (χ2v) is 8.55. The molecule has 2 aromatic carbocycles. The Morgan fingerprint density at radius 3 is 2.67 bits per heavy atom. The van der Waals surface area contributed by atoms with E-state index in [4.69, 9.17) is 4.74 Å². The van der Waals surface area contributed by atoms with E-state index in [1.54, 1.807) is 22.8 Å². The van der Waals surface area contributed by atoms with Crippen LogP contribution in [0, 0.1) is 0 Å². The molecule has 2 aliphatic rings. The zero-order valence-electron chi connectivity index (χ0n) is 18.7. The molecule has 2 aliphatic heterocycles. The zero-order valence-corrected chi connectivity index (χ0v) is 18.7. The van der Waals surface area contributed by atoms with Crippen molar-refractivity contribution in [1.82, 2.24) is 19.4 Å². The summed E-state index contributed by atoms with van der Waals surface area (Å²) in [5, 5.41) is 0.544. The van der Waals surface area contributed by atoms with Crippen LogP contribution >= 0.6 is 0 Å². The average Bonchev–Trinajstić information content (AvgIpc) is 3.33. The number of rotatable bonds is 6. The fraction of sp³-hybridized carbons (Fsp3) is 0.346. The largest absolute Gasteiger partial charge is 0.484 e. The van der Waals surface area contributed by atoms with E-state index in [0.29, 0.717) is 36.3 Å². The minimum atomic E-state index is -0.0293. The predicted octanol–water partition coefficient (Wildman–Crippen LogP) is 2.58. The summed E-state index contributed by atoms with van der Waals surface area (Å²) in [5.74, 6) is 1.35. The van der Waals surface area contributed by atoms with Crippen LogP contribution in [0.2, 0.25) is 0 Å². The van der Waals surface area contributed by atoms with Gasteiger partial charge in [-0.05, 0) is 30.2 Å². The molecule has 0 atom stereocenters. The highest BCUT2D eigenvalue weighted by molar-refractivity contribution is 5.80. The van der Waals surface area contributed by atoms with E-state index in [1.165, 1.54) is 5.56 Å². The van der Waals surface area contributed by atoms with Crippen molar-refractivity contribution in [3.05, 3.63) is 76.3 Å². The third-order valence-corrected chi connectivity index (χ3v) is 6.35. The number of amides is 1. The maximum atomic E-state index is 12.7. The van der Waals surface area contributed by atoms with Crippen molar-refractivity contribution < 1.29 is 9.53 Å². The van der Waals surface area contributed by atoms with Crippen LogP contribution in [-0.4, -0.2) is 64.6 Å². The van der Waals surface area contributed by atoms with Crippen LogP contribution in [0.1, 0.15) is 17.8 Å². The third kappa shape index (κ3) is 4.83. The Balaban J connectivity index is 1.12. The summed E-state index contributed by atoms with van der Waals surface area (Å²) in [5.41, 5.74) is 1.85.